The first-order valence-electron chi connectivity index (χ1n) is 19.1. The molecule has 2 aromatic heterocycles. The zero-order valence-corrected chi connectivity index (χ0v) is 32.3. The molecule has 10 aromatic rings. The second kappa shape index (κ2) is 13.2. The van der Waals surface area contributed by atoms with E-state index in [4.69, 9.17) is 0 Å². The van der Waals surface area contributed by atoms with Gasteiger partial charge < -0.3 is 10.2 Å². The molecule has 0 saturated heterocycles. The highest BCUT2D eigenvalue weighted by Crippen LogP contribution is 2.62. The molecule has 270 valence electrons. The van der Waals surface area contributed by atoms with E-state index < -0.39 is 5.41 Å². The van der Waals surface area contributed by atoms with Crippen molar-refractivity contribution < 1.29 is 10.2 Å². The van der Waals surface area contributed by atoms with Gasteiger partial charge in [0.05, 0.1) is 5.41 Å². The quantitative estimate of drug-likeness (QED) is 0.177. The Balaban J connectivity index is 1.32. The normalized spacial score (nSPS) is 12.8. The smallest absolute Gasteiger partial charge is 0.123 e. The van der Waals surface area contributed by atoms with Crippen molar-refractivity contribution in [3.8, 4) is 67.1 Å². The molecule has 0 radical (unpaired) electrons. The van der Waals surface area contributed by atoms with Crippen LogP contribution in [-0.2, 0) is 5.41 Å². The van der Waals surface area contributed by atoms with Gasteiger partial charge in [-0.05, 0) is 103 Å². The third-order valence-corrected chi connectivity index (χ3v) is 13.7. The molecule has 57 heavy (non-hydrogen) atoms. The molecule has 0 bridgehead atoms. The lowest BCUT2D eigenvalue weighted by Crippen LogP contribution is -2.28. The first kappa shape index (κ1) is 33.6. The van der Waals surface area contributed by atoms with Crippen LogP contribution in [0.3, 0.4) is 0 Å². The van der Waals surface area contributed by atoms with Gasteiger partial charge in [0.2, 0.25) is 0 Å². The number of hydrogen-bond acceptors (Lipinski definition) is 4. The highest BCUT2D eigenvalue weighted by Gasteiger charge is 2.48. The number of phenolic OH excluding ortho intramolecular Hbond substituents is 2. The highest BCUT2D eigenvalue weighted by molar-refractivity contribution is 7.18. The Labute approximate surface area is 338 Å². The van der Waals surface area contributed by atoms with Crippen LogP contribution >= 0.6 is 22.7 Å². The third-order valence-electron chi connectivity index (χ3n) is 11.8. The molecule has 0 saturated carbocycles. The Kier molecular flexibility index (Phi) is 7.78. The van der Waals surface area contributed by atoms with Crippen LogP contribution in [0.2, 0.25) is 0 Å². The van der Waals surface area contributed by atoms with E-state index in [0.717, 1.165) is 44.5 Å². The number of fused-ring (bicyclic) bond motifs is 5. The molecule has 0 aliphatic heterocycles. The predicted octanol–water partition coefficient (Wildman–Crippen LogP) is 14.6. The summed E-state index contributed by atoms with van der Waals surface area (Å²) < 4.78 is 2.51. The van der Waals surface area contributed by atoms with Crippen LogP contribution in [0, 0.1) is 0 Å². The van der Waals surface area contributed by atoms with E-state index in [9.17, 15) is 10.2 Å². The standard InChI is InChI=1S/C53H34O2S2/c54-47-27-25-35(29-41(47)33-13-3-1-4-14-33)53(36-26-28-48(55)42(30-36)34-15-5-2-6-16-34)45-21-11-19-39(43-31-56-49-23-9-7-17-37(43)49)51(45)52-40(20-12-22-46(52)53)44-32-57-50-24-10-8-18-38(44)50/h1-32,54-55H. The minimum absolute atomic E-state index is 0.228. The van der Waals surface area contributed by atoms with E-state index in [0.29, 0.717) is 0 Å². The Hall–Kier alpha value is -6.72. The predicted molar refractivity (Wildman–Crippen MR) is 240 cm³/mol. The van der Waals surface area contributed by atoms with Crippen molar-refractivity contribution in [2.24, 2.45) is 0 Å². The summed E-state index contributed by atoms with van der Waals surface area (Å²) in [6.45, 7) is 0. The second-order valence-electron chi connectivity index (χ2n) is 14.7. The zero-order chi connectivity index (χ0) is 38.1. The van der Waals surface area contributed by atoms with Gasteiger partial charge in [0.1, 0.15) is 11.5 Å². The van der Waals surface area contributed by atoms with E-state index >= 15 is 0 Å². The average molecular weight is 767 g/mol. The summed E-state index contributed by atoms with van der Waals surface area (Å²) in [5, 5.41) is 30.1. The SMILES string of the molecule is Oc1ccc(C2(c3ccc(O)c(-c4ccccc4)c3)c3cccc(-c4csc5ccccc45)c3-c3c(-c4csc5ccccc45)cccc32)cc1-c1ccccc1. The van der Waals surface area contributed by atoms with E-state index in [1.807, 2.05) is 48.5 Å². The number of hydrogen-bond donors (Lipinski definition) is 2. The largest absolute Gasteiger partial charge is 0.507 e. The van der Waals surface area contributed by atoms with Gasteiger partial charge in [-0.25, -0.2) is 0 Å². The Morgan fingerprint density at radius 1 is 0.351 bits per heavy atom. The molecule has 2 nitrogen and oxygen atoms in total. The molecule has 2 N–H and O–H groups in total. The molecule has 1 aliphatic carbocycles. The number of phenols is 2. The molecule has 1 aliphatic rings. The maximum Gasteiger partial charge on any atom is 0.123 e. The summed E-state index contributed by atoms with van der Waals surface area (Å²) in [6, 6.07) is 63.5. The molecule has 0 amide bonds. The van der Waals surface area contributed by atoms with Crippen LogP contribution in [-0.4, -0.2) is 10.2 Å². The summed E-state index contributed by atoms with van der Waals surface area (Å²) in [5.74, 6) is 0.456. The second-order valence-corrected chi connectivity index (χ2v) is 16.5. The lowest BCUT2D eigenvalue weighted by atomic mass is 9.66. The maximum atomic E-state index is 11.5. The zero-order valence-electron chi connectivity index (χ0n) is 30.7. The summed E-state index contributed by atoms with van der Waals surface area (Å²) in [5.41, 5.74) is 14.2. The fourth-order valence-electron chi connectivity index (χ4n) is 9.26. The number of rotatable bonds is 6. The van der Waals surface area contributed by atoms with Crippen molar-refractivity contribution in [3.05, 3.63) is 215 Å². The van der Waals surface area contributed by atoms with Crippen LogP contribution in [0.15, 0.2) is 193 Å². The van der Waals surface area contributed by atoms with Gasteiger partial charge in [0, 0.05) is 42.4 Å². The fraction of sp³-hybridized carbons (Fsp3) is 0.0189. The summed E-state index contributed by atoms with van der Waals surface area (Å²) in [7, 11) is 0. The van der Waals surface area contributed by atoms with E-state index in [1.165, 1.54) is 53.6 Å². The van der Waals surface area contributed by atoms with E-state index in [2.05, 4.69) is 144 Å². The average Bonchev–Trinajstić information content (AvgIpc) is 3.98. The van der Waals surface area contributed by atoms with Gasteiger partial charge in [-0.1, -0.05) is 146 Å². The number of benzene rings is 8. The molecule has 0 fully saturated rings. The number of thiophene rings is 2. The maximum absolute atomic E-state index is 11.5. The van der Waals surface area contributed by atoms with Crippen molar-refractivity contribution in [1.29, 1.82) is 0 Å². The Bertz CT molecular complexity index is 2940. The van der Waals surface area contributed by atoms with Crippen LogP contribution in [0.4, 0.5) is 0 Å². The van der Waals surface area contributed by atoms with Crippen LogP contribution < -0.4 is 0 Å². The van der Waals surface area contributed by atoms with Gasteiger partial charge >= 0.3 is 0 Å². The highest BCUT2D eigenvalue weighted by atomic mass is 32.1. The van der Waals surface area contributed by atoms with Gasteiger partial charge in [-0.2, -0.15) is 0 Å². The first-order valence-corrected chi connectivity index (χ1v) is 20.9. The van der Waals surface area contributed by atoms with Gasteiger partial charge in [-0.15, -0.1) is 22.7 Å². The van der Waals surface area contributed by atoms with Gasteiger partial charge in [0.25, 0.3) is 0 Å². The Morgan fingerprint density at radius 2 is 0.772 bits per heavy atom. The van der Waals surface area contributed by atoms with Crippen LogP contribution in [0.5, 0.6) is 11.5 Å². The summed E-state index contributed by atoms with van der Waals surface area (Å²) in [4.78, 5) is 0. The molecule has 2 heterocycles. The molecule has 0 unspecified atom stereocenters. The van der Waals surface area contributed by atoms with Crippen molar-refractivity contribution >= 4 is 42.8 Å². The molecule has 11 rings (SSSR count). The van der Waals surface area contributed by atoms with Crippen molar-refractivity contribution in [2.75, 3.05) is 0 Å². The molecular formula is C53H34O2S2. The summed E-state index contributed by atoms with van der Waals surface area (Å²) >= 11 is 3.56. The van der Waals surface area contributed by atoms with Crippen LogP contribution in [0.25, 0.3) is 75.8 Å². The summed E-state index contributed by atoms with van der Waals surface area (Å²) in [6.07, 6.45) is 0. The fourth-order valence-corrected chi connectivity index (χ4v) is 11.2. The van der Waals surface area contributed by atoms with E-state index in [1.54, 1.807) is 22.7 Å². The molecular weight excluding hydrogens is 733 g/mol. The first-order chi connectivity index (χ1) is 28.1. The third kappa shape index (κ3) is 5.08. The van der Waals surface area contributed by atoms with Crippen LogP contribution in [0.1, 0.15) is 22.3 Å². The topological polar surface area (TPSA) is 40.5 Å². The van der Waals surface area contributed by atoms with Gasteiger partial charge in [-0.3, -0.25) is 0 Å². The minimum Gasteiger partial charge on any atom is -0.507 e. The molecule has 4 heteroatoms. The van der Waals surface area contributed by atoms with Crippen molar-refractivity contribution in [1.82, 2.24) is 0 Å². The van der Waals surface area contributed by atoms with E-state index in [-0.39, 0.29) is 11.5 Å². The molecule has 8 aromatic carbocycles. The minimum atomic E-state index is -0.844. The lowest BCUT2D eigenvalue weighted by molar-refractivity contribution is 0.477. The lowest BCUT2D eigenvalue weighted by Gasteiger charge is -2.35. The van der Waals surface area contributed by atoms with Gasteiger partial charge in [0.15, 0.2) is 0 Å². The Morgan fingerprint density at radius 3 is 1.23 bits per heavy atom. The monoisotopic (exact) mass is 766 g/mol. The van der Waals surface area contributed by atoms with Crippen molar-refractivity contribution in [3.63, 3.8) is 0 Å². The van der Waals surface area contributed by atoms with Crippen molar-refractivity contribution in [2.45, 2.75) is 5.41 Å². The molecule has 0 spiro atoms. The number of aromatic hydroxyl groups is 2. The molecule has 0 atom stereocenters.